The predicted molar refractivity (Wildman–Crippen MR) is 81.9 cm³/mol. The van der Waals surface area contributed by atoms with E-state index in [0.29, 0.717) is 10.6 Å². The molecule has 2 aromatic carbocycles. The molecule has 4 nitrogen and oxygen atoms in total. The first-order valence-corrected chi connectivity index (χ1v) is 8.43. The van der Waals surface area contributed by atoms with E-state index in [4.69, 9.17) is 0 Å². The minimum Gasteiger partial charge on any atom is -0.309 e. The van der Waals surface area contributed by atoms with E-state index in [1.54, 1.807) is 30.3 Å². The van der Waals surface area contributed by atoms with Crippen LogP contribution in [0, 0.1) is 0 Å². The van der Waals surface area contributed by atoms with E-state index in [2.05, 4.69) is 26.0 Å². The third-order valence-corrected chi connectivity index (χ3v) is 5.07. The zero-order valence-corrected chi connectivity index (χ0v) is 13.0. The Kier molecular flexibility index (Phi) is 3.54. The van der Waals surface area contributed by atoms with Crippen LogP contribution in [0.2, 0.25) is 0 Å². The summed E-state index contributed by atoms with van der Waals surface area (Å²) in [6.45, 7) is 1.52. The zero-order valence-electron chi connectivity index (χ0n) is 10.6. The van der Waals surface area contributed by atoms with E-state index in [-0.39, 0.29) is 0 Å². The first kappa shape index (κ1) is 13.6. The van der Waals surface area contributed by atoms with E-state index in [1.807, 2.05) is 12.1 Å². The molecule has 3 rings (SSSR count). The molecule has 0 aromatic heterocycles. The second-order valence-corrected chi connectivity index (χ2v) is 7.25. The van der Waals surface area contributed by atoms with Crippen LogP contribution in [0.1, 0.15) is 11.1 Å². The first-order chi connectivity index (χ1) is 9.54. The Hall–Kier alpha value is -1.37. The molecule has 0 unspecified atom stereocenters. The molecule has 1 aliphatic heterocycles. The van der Waals surface area contributed by atoms with Crippen LogP contribution in [0.4, 0.5) is 5.69 Å². The van der Waals surface area contributed by atoms with E-state index < -0.39 is 10.0 Å². The Morgan fingerprint density at radius 3 is 2.65 bits per heavy atom. The lowest BCUT2D eigenvalue weighted by Crippen LogP contribution is -2.13. The Bertz CT molecular complexity index is 760. The second-order valence-electron chi connectivity index (χ2n) is 4.65. The molecule has 0 saturated carbocycles. The fourth-order valence-electron chi connectivity index (χ4n) is 2.20. The summed E-state index contributed by atoms with van der Waals surface area (Å²) in [5.74, 6) is 0. The molecule has 0 saturated heterocycles. The van der Waals surface area contributed by atoms with Gasteiger partial charge in [-0.05, 0) is 41.5 Å². The molecule has 6 heteroatoms. The Morgan fingerprint density at radius 2 is 1.85 bits per heavy atom. The third-order valence-electron chi connectivity index (χ3n) is 3.20. The molecule has 2 aromatic rings. The van der Waals surface area contributed by atoms with Crippen LogP contribution in [0.5, 0.6) is 0 Å². The molecule has 0 atom stereocenters. The molecule has 104 valence electrons. The summed E-state index contributed by atoms with van der Waals surface area (Å²) in [5.41, 5.74) is 2.74. The number of halogens is 1. The lowest BCUT2D eigenvalue weighted by Gasteiger charge is -2.09. The fourth-order valence-corrected chi connectivity index (χ4v) is 3.70. The number of fused-ring (bicyclic) bond motifs is 1. The number of anilines is 1. The van der Waals surface area contributed by atoms with Gasteiger partial charge in [-0.1, -0.05) is 28.1 Å². The van der Waals surface area contributed by atoms with Crippen molar-refractivity contribution in [2.75, 3.05) is 4.72 Å². The summed E-state index contributed by atoms with van der Waals surface area (Å²) in [6.07, 6.45) is 0. The summed E-state index contributed by atoms with van der Waals surface area (Å²) in [5, 5.41) is 3.20. The maximum atomic E-state index is 12.4. The van der Waals surface area contributed by atoms with Crippen molar-refractivity contribution in [2.45, 2.75) is 18.0 Å². The van der Waals surface area contributed by atoms with Crippen LogP contribution in [0.3, 0.4) is 0 Å². The number of rotatable bonds is 3. The average Bonchev–Trinajstić information content (AvgIpc) is 2.85. The molecule has 1 aliphatic rings. The summed E-state index contributed by atoms with van der Waals surface area (Å²) < 4.78 is 28.1. The lowest BCUT2D eigenvalue weighted by molar-refractivity contribution is 0.601. The van der Waals surface area contributed by atoms with Gasteiger partial charge in [0.05, 0.1) is 4.90 Å². The monoisotopic (exact) mass is 352 g/mol. The Balaban J connectivity index is 1.92. The van der Waals surface area contributed by atoms with E-state index in [9.17, 15) is 8.42 Å². The van der Waals surface area contributed by atoms with Crippen molar-refractivity contribution in [1.29, 1.82) is 0 Å². The highest BCUT2D eigenvalue weighted by Gasteiger charge is 2.18. The predicted octanol–water partition coefficient (Wildman–Crippen LogP) is 2.85. The summed E-state index contributed by atoms with van der Waals surface area (Å²) in [6, 6.07) is 12.3. The quantitative estimate of drug-likeness (QED) is 0.892. The lowest BCUT2D eigenvalue weighted by atomic mass is 10.1. The molecule has 2 N–H and O–H groups in total. The highest BCUT2D eigenvalue weighted by Crippen LogP contribution is 2.23. The van der Waals surface area contributed by atoms with Gasteiger partial charge in [-0.15, -0.1) is 0 Å². The van der Waals surface area contributed by atoms with Gasteiger partial charge in [-0.25, -0.2) is 8.42 Å². The van der Waals surface area contributed by atoms with Crippen LogP contribution in [-0.4, -0.2) is 8.42 Å². The molecule has 0 radical (unpaired) electrons. The maximum absolute atomic E-state index is 12.4. The number of sulfonamides is 1. The van der Waals surface area contributed by atoms with Crippen LogP contribution in [0.25, 0.3) is 0 Å². The molecule has 0 fully saturated rings. The molecule has 0 spiro atoms. The second kappa shape index (κ2) is 5.20. The van der Waals surface area contributed by atoms with Gasteiger partial charge in [0.2, 0.25) is 0 Å². The van der Waals surface area contributed by atoms with E-state index in [0.717, 1.165) is 28.7 Å². The third kappa shape index (κ3) is 2.72. The summed E-state index contributed by atoms with van der Waals surface area (Å²) in [7, 11) is -3.55. The van der Waals surface area contributed by atoms with Crippen molar-refractivity contribution in [2.24, 2.45) is 0 Å². The van der Waals surface area contributed by atoms with Gasteiger partial charge in [0, 0.05) is 23.2 Å². The number of hydrogen-bond donors (Lipinski definition) is 2. The van der Waals surface area contributed by atoms with Crippen LogP contribution in [0.15, 0.2) is 51.8 Å². The summed E-state index contributed by atoms with van der Waals surface area (Å²) >= 11 is 3.32. The van der Waals surface area contributed by atoms with Gasteiger partial charge < -0.3 is 5.32 Å². The molecule has 0 aliphatic carbocycles. The summed E-state index contributed by atoms with van der Waals surface area (Å²) in [4.78, 5) is 0.292. The molecule has 1 heterocycles. The topological polar surface area (TPSA) is 58.2 Å². The Morgan fingerprint density at radius 1 is 1.05 bits per heavy atom. The first-order valence-electron chi connectivity index (χ1n) is 6.15. The van der Waals surface area contributed by atoms with Gasteiger partial charge in [0.15, 0.2) is 0 Å². The molecular formula is C14H13BrN2O2S. The Labute approximate surface area is 126 Å². The van der Waals surface area contributed by atoms with Crippen molar-refractivity contribution >= 4 is 31.6 Å². The van der Waals surface area contributed by atoms with Gasteiger partial charge >= 0.3 is 0 Å². The average molecular weight is 353 g/mol. The van der Waals surface area contributed by atoms with Gasteiger partial charge in [-0.3, -0.25) is 4.72 Å². The van der Waals surface area contributed by atoms with E-state index in [1.165, 1.54) is 0 Å². The number of hydrogen-bond acceptors (Lipinski definition) is 3. The largest absolute Gasteiger partial charge is 0.309 e. The molecule has 20 heavy (non-hydrogen) atoms. The number of nitrogens with one attached hydrogen (secondary N) is 2. The molecular weight excluding hydrogens is 340 g/mol. The van der Waals surface area contributed by atoms with Crippen LogP contribution in [-0.2, 0) is 23.1 Å². The molecule has 0 amide bonds. The van der Waals surface area contributed by atoms with E-state index >= 15 is 0 Å². The minimum absolute atomic E-state index is 0.292. The maximum Gasteiger partial charge on any atom is 0.261 e. The smallest absolute Gasteiger partial charge is 0.261 e. The van der Waals surface area contributed by atoms with Gasteiger partial charge in [0.25, 0.3) is 10.0 Å². The van der Waals surface area contributed by atoms with Crippen LogP contribution >= 0.6 is 15.9 Å². The minimum atomic E-state index is -3.55. The fraction of sp³-hybridized carbons (Fsp3) is 0.143. The highest BCUT2D eigenvalue weighted by atomic mass is 79.9. The van der Waals surface area contributed by atoms with Crippen molar-refractivity contribution < 1.29 is 8.42 Å². The SMILES string of the molecule is O=S(=O)(Nc1cccc(Br)c1)c1ccc2c(c1)CNC2. The standard InChI is InChI=1S/C14H13BrN2O2S/c15-12-2-1-3-13(7-12)17-20(18,19)14-5-4-10-8-16-9-11(10)6-14/h1-7,16-17H,8-9H2. The van der Waals surface area contributed by atoms with Crippen LogP contribution < -0.4 is 10.0 Å². The number of benzene rings is 2. The van der Waals surface area contributed by atoms with Gasteiger partial charge in [0.1, 0.15) is 0 Å². The highest BCUT2D eigenvalue weighted by molar-refractivity contribution is 9.10. The zero-order chi connectivity index (χ0) is 14.2. The van der Waals surface area contributed by atoms with Gasteiger partial charge in [-0.2, -0.15) is 0 Å². The normalized spacial score (nSPS) is 14.1. The van der Waals surface area contributed by atoms with Crippen molar-refractivity contribution in [3.8, 4) is 0 Å². The van der Waals surface area contributed by atoms with Crippen molar-refractivity contribution in [3.05, 3.63) is 58.1 Å². The van der Waals surface area contributed by atoms with Crippen molar-refractivity contribution in [3.63, 3.8) is 0 Å². The van der Waals surface area contributed by atoms with Crippen molar-refractivity contribution in [1.82, 2.24) is 5.32 Å². The molecule has 0 bridgehead atoms.